The summed E-state index contributed by atoms with van der Waals surface area (Å²) < 4.78 is 16.7. The van der Waals surface area contributed by atoms with Crippen LogP contribution in [-0.2, 0) is 14.3 Å². The molecule has 2 aromatic rings. The number of likely N-dealkylation sites (tertiary alicyclic amines) is 1. The van der Waals surface area contributed by atoms with Gasteiger partial charge in [-0.2, -0.15) is 0 Å². The van der Waals surface area contributed by atoms with E-state index in [2.05, 4.69) is 10.3 Å². The largest absolute Gasteiger partial charge is 0.497 e. The average Bonchev–Trinajstić information content (AvgIpc) is 3.19. The van der Waals surface area contributed by atoms with Crippen LogP contribution in [0.3, 0.4) is 0 Å². The highest BCUT2D eigenvalue weighted by Crippen LogP contribution is 2.31. The van der Waals surface area contributed by atoms with E-state index in [1.165, 1.54) is 4.90 Å². The topological polar surface area (TPSA) is 127 Å². The first-order chi connectivity index (χ1) is 16.7. The van der Waals surface area contributed by atoms with Crippen LogP contribution in [0.1, 0.15) is 48.0 Å². The highest BCUT2D eigenvalue weighted by molar-refractivity contribution is 5.91. The van der Waals surface area contributed by atoms with Crippen LogP contribution >= 0.6 is 0 Å². The fourth-order valence-corrected chi connectivity index (χ4v) is 4.11. The minimum atomic E-state index is -1.14. The van der Waals surface area contributed by atoms with Gasteiger partial charge in [0.05, 0.1) is 13.7 Å². The van der Waals surface area contributed by atoms with Crippen molar-refractivity contribution in [2.75, 3.05) is 13.7 Å². The fraction of sp³-hybridized carbons (Fsp3) is 0.538. The van der Waals surface area contributed by atoms with Gasteiger partial charge in [-0.1, -0.05) is 20.8 Å². The molecule has 0 spiro atoms. The molecule has 3 rings (SSSR count). The Labute approximate surface area is 210 Å². The average molecular weight is 502 g/mol. The molecule has 0 aliphatic carbocycles. The van der Waals surface area contributed by atoms with Crippen LogP contribution in [0.15, 0.2) is 30.5 Å². The molecule has 1 fully saturated rings. The summed E-state index contributed by atoms with van der Waals surface area (Å²) in [6.45, 7) is 10.6. The molecule has 36 heavy (non-hydrogen) atoms. The molecular weight excluding hydrogens is 466 g/mol. The third kappa shape index (κ3) is 6.35. The Hall–Kier alpha value is -3.56. The number of carboxylic acids is 1. The molecule has 1 aliphatic heterocycles. The predicted octanol–water partition coefficient (Wildman–Crippen LogP) is 3.62. The third-order valence-electron chi connectivity index (χ3n) is 5.82. The summed E-state index contributed by atoms with van der Waals surface area (Å²) in [5, 5.41) is 14.1. The minimum absolute atomic E-state index is 0.0343. The normalized spacial score (nSPS) is 19.0. The number of methoxy groups -OCH3 is 1. The summed E-state index contributed by atoms with van der Waals surface area (Å²) >= 11 is 0. The highest BCUT2D eigenvalue weighted by Gasteiger charge is 2.46. The molecule has 3 unspecified atom stereocenters. The second-order valence-corrected chi connectivity index (χ2v) is 11.0. The van der Waals surface area contributed by atoms with Crippen molar-refractivity contribution >= 4 is 28.7 Å². The molecular formula is C26H35N3O7. The van der Waals surface area contributed by atoms with Crippen LogP contribution in [0.4, 0.5) is 4.79 Å². The van der Waals surface area contributed by atoms with Gasteiger partial charge in [-0.25, -0.2) is 14.6 Å². The molecule has 1 aromatic heterocycles. The zero-order valence-corrected chi connectivity index (χ0v) is 21.8. The van der Waals surface area contributed by atoms with Crippen LogP contribution in [0.25, 0.3) is 10.8 Å². The van der Waals surface area contributed by atoms with Crippen LogP contribution in [0, 0.1) is 5.41 Å². The molecule has 1 aromatic carbocycles. The summed E-state index contributed by atoms with van der Waals surface area (Å²) in [4.78, 5) is 43.7. The van der Waals surface area contributed by atoms with Crippen molar-refractivity contribution in [3.63, 3.8) is 0 Å². The monoisotopic (exact) mass is 501 g/mol. The number of nitrogens with one attached hydrogen (secondary N) is 1. The fourth-order valence-electron chi connectivity index (χ4n) is 4.11. The van der Waals surface area contributed by atoms with E-state index in [4.69, 9.17) is 14.2 Å². The molecule has 2 N–H and O–H groups in total. The number of pyridine rings is 1. The van der Waals surface area contributed by atoms with Gasteiger partial charge in [-0.05, 0) is 55.8 Å². The second kappa shape index (κ2) is 10.2. The summed E-state index contributed by atoms with van der Waals surface area (Å²) in [6, 6.07) is 5.18. The number of carbonyl (C=O) groups is 3. The van der Waals surface area contributed by atoms with E-state index >= 15 is 0 Å². The number of nitrogens with zero attached hydrogens (tertiary/aromatic N) is 2. The van der Waals surface area contributed by atoms with Gasteiger partial charge in [0.2, 0.25) is 11.8 Å². The molecule has 1 aliphatic rings. The smallest absolute Gasteiger partial charge is 0.408 e. The lowest BCUT2D eigenvalue weighted by Crippen LogP contribution is -2.57. The minimum Gasteiger partial charge on any atom is -0.497 e. The van der Waals surface area contributed by atoms with Crippen molar-refractivity contribution in [1.29, 1.82) is 0 Å². The number of aromatic nitrogens is 1. The standard InChI is InChI=1S/C26H35N3O7/c1-25(2,3)20(28-24(33)36-26(4,5)6)22(30)29-14-17(13-19(29)23(31)32)35-21-18-9-8-16(34-7)12-15(18)10-11-27-21/h8-12,17,19-20H,13-14H2,1-7H3,(H,28,33)(H,31,32). The number of ether oxygens (including phenoxy) is 3. The molecule has 2 heterocycles. The van der Waals surface area contributed by atoms with Gasteiger partial charge >= 0.3 is 12.1 Å². The van der Waals surface area contributed by atoms with Crippen molar-refractivity contribution < 1.29 is 33.7 Å². The van der Waals surface area contributed by atoms with Crippen molar-refractivity contribution in [2.45, 2.75) is 71.8 Å². The molecule has 0 saturated carbocycles. The van der Waals surface area contributed by atoms with Crippen molar-refractivity contribution in [3.8, 4) is 11.6 Å². The number of aliphatic carboxylic acids is 1. The number of hydrogen-bond donors (Lipinski definition) is 2. The maximum absolute atomic E-state index is 13.6. The van der Waals surface area contributed by atoms with E-state index in [0.29, 0.717) is 11.6 Å². The number of alkyl carbamates (subject to hydrolysis) is 1. The highest BCUT2D eigenvalue weighted by atomic mass is 16.6. The van der Waals surface area contributed by atoms with Crippen molar-refractivity contribution in [3.05, 3.63) is 30.5 Å². The third-order valence-corrected chi connectivity index (χ3v) is 5.82. The Morgan fingerprint density at radius 3 is 2.42 bits per heavy atom. The van der Waals surface area contributed by atoms with E-state index in [1.807, 2.05) is 18.2 Å². The van der Waals surface area contributed by atoms with Crippen molar-refractivity contribution in [2.24, 2.45) is 5.41 Å². The Kier molecular flexibility index (Phi) is 7.66. The molecule has 0 bridgehead atoms. The molecule has 2 amide bonds. The SMILES string of the molecule is COc1ccc2c(OC3CC(C(=O)O)N(C(=O)C(NC(=O)OC(C)(C)C)C(C)(C)C)C3)nccc2c1. The first-order valence-electron chi connectivity index (χ1n) is 11.8. The summed E-state index contributed by atoms with van der Waals surface area (Å²) in [5.41, 5.74) is -1.45. The number of rotatable bonds is 6. The zero-order valence-electron chi connectivity index (χ0n) is 21.8. The zero-order chi connectivity index (χ0) is 26.8. The van der Waals surface area contributed by atoms with Crippen molar-refractivity contribution in [1.82, 2.24) is 15.2 Å². The van der Waals surface area contributed by atoms with Gasteiger partial charge in [-0.3, -0.25) is 4.79 Å². The number of amides is 2. The van der Waals surface area contributed by atoms with E-state index in [-0.39, 0.29) is 13.0 Å². The van der Waals surface area contributed by atoms with Gasteiger partial charge in [0.15, 0.2) is 0 Å². The number of benzene rings is 1. The Bertz CT molecular complexity index is 1140. The van der Waals surface area contributed by atoms with Gasteiger partial charge < -0.3 is 29.5 Å². The Morgan fingerprint density at radius 1 is 1.14 bits per heavy atom. The van der Waals surface area contributed by atoms with Gasteiger partial charge in [0.25, 0.3) is 0 Å². The summed E-state index contributed by atoms with van der Waals surface area (Å²) in [7, 11) is 1.58. The molecule has 1 saturated heterocycles. The maximum Gasteiger partial charge on any atom is 0.408 e. The molecule has 196 valence electrons. The number of carboxylic acid groups (broad SMARTS) is 1. The molecule has 10 heteroatoms. The van der Waals surface area contributed by atoms with Crippen LogP contribution < -0.4 is 14.8 Å². The second-order valence-electron chi connectivity index (χ2n) is 11.0. The number of hydrogen-bond acceptors (Lipinski definition) is 7. The van der Waals surface area contributed by atoms with E-state index in [1.54, 1.807) is 60.9 Å². The lowest BCUT2D eigenvalue weighted by atomic mass is 9.85. The van der Waals surface area contributed by atoms with Crippen LogP contribution in [0.5, 0.6) is 11.6 Å². The van der Waals surface area contributed by atoms with Gasteiger partial charge in [0.1, 0.15) is 29.5 Å². The van der Waals surface area contributed by atoms with Crippen LogP contribution in [-0.4, -0.2) is 70.4 Å². The summed E-state index contributed by atoms with van der Waals surface area (Å²) in [5.74, 6) is -0.621. The first kappa shape index (κ1) is 27.0. The lowest BCUT2D eigenvalue weighted by Gasteiger charge is -2.35. The van der Waals surface area contributed by atoms with Gasteiger partial charge in [-0.15, -0.1) is 0 Å². The first-order valence-corrected chi connectivity index (χ1v) is 11.8. The van der Waals surface area contributed by atoms with Crippen LogP contribution in [0.2, 0.25) is 0 Å². The molecule has 0 radical (unpaired) electrons. The quantitative estimate of drug-likeness (QED) is 0.615. The number of carbonyl (C=O) groups excluding carboxylic acids is 2. The Morgan fingerprint density at radius 2 is 1.83 bits per heavy atom. The maximum atomic E-state index is 13.6. The van der Waals surface area contributed by atoms with E-state index in [9.17, 15) is 19.5 Å². The number of fused-ring (bicyclic) bond motifs is 1. The molecule has 10 nitrogen and oxygen atoms in total. The predicted molar refractivity (Wildman–Crippen MR) is 133 cm³/mol. The Balaban J connectivity index is 1.83. The van der Waals surface area contributed by atoms with E-state index < -0.39 is 47.2 Å². The van der Waals surface area contributed by atoms with E-state index in [0.717, 1.165) is 10.8 Å². The summed E-state index contributed by atoms with van der Waals surface area (Å²) in [6.07, 6.45) is 0.338. The van der Waals surface area contributed by atoms with Gasteiger partial charge in [0, 0.05) is 18.0 Å². The molecule has 3 atom stereocenters. The lowest BCUT2D eigenvalue weighted by molar-refractivity contribution is -0.150.